The van der Waals surface area contributed by atoms with Crippen LogP contribution >= 0.6 is 0 Å². The molecule has 5 rings (SSSR count). The van der Waals surface area contributed by atoms with E-state index in [1.165, 1.54) is 17.7 Å². The van der Waals surface area contributed by atoms with Crippen molar-refractivity contribution in [3.8, 4) is 5.69 Å². The van der Waals surface area contributed by atoms with Gasteiger partial charge in [-0.15, -0.1) is 0 Å². The van der Waals surface area contributed by atoms with E-state index in [0.29, 0.717) is 23.1 Å². The van der Waals surface area contributed by atoms with E-state index in [9.17, 15) is 14.0 Å². The largest absolute Gasteiger partial charge is 0.444 e. The highest BCUT2D eigenvalue weighted by Crippen LogP contribution is 2.36. The van der Waals surface area contributed by atoms with Gasteiger partial charge in [0.15, 0.2) is 0 Å². The maximum absolute atomic E-state index is 14.4. The van der Waals surface area contributed by atoms with E-state index in [-0.39, 0.29) is 18.0 Å². The summed E-state index contributed by atoms with van der Waals surface area (Å²) >= 11 is 0. The van der Waals surface area contributed by atoms with Crippen LogP contribution in [0.5, 0.6) is 0 Å². The molecule has 1 aromatic carbocycles. The average Bonchev–Trinajstić information content (AvgIpc) is 3.38. The van der Waals surface area contributed by atoms with Crippen molar-refractivity contribution >= 4 is 22.9 Å². The lowest BCUT2D eigenvalue weighted by atomic mass is 9.88. The molecule has 2 aliphatic heterocycles. The van der Waals surface area contributed by atoms with Crippen LogP contribution in [0.3, 0.4) is 0 Å². The number of piperidine rings is 2. The maximum Gasteiger partial charge on any atom is 0.410 e. The zero-order valence-corrected chi connectivity index (χ0v) is 27.2. The Hall–Kier alpha value is -3.46. The van der Waals surface area contributed by atoms with E-state index < -0.39 is 11.4 Å². The van der Waals surface area contributed by atoms with Gasteiger partial charge in [-0.1, -0.05) is 0 Å². The van der Waals surface area contributed by atoms with Gasteiger partial charge in [-0.2, -0.15) is 0 Å². The number of aromatic nitrogens is 2. The molecule has 0 unspecified atom stereocenters. The van der Waals surface area contributed by atoms with Gasteiger partial charge in [-0.3, -0.25) is 9.78 Å². The van der Waals surface area contributed by atoms with Crippen LogP contribution in [-0.4, -0.2) is 87.7 Å². The highest BCUT2D eigenvalue weighted by atomic mass is 19.1. The van der Waals surface area contributed by atoms with Crippen LogP contribution in [0.1, 0.15) is 88.6 Å². The molecular weight excluding hydrogens is 557 g/mol. The Morgan fingerprint density at radius 3 is 2.43 bits per heavy atom. The minimum absolute atomic E-state index is 0.00697. The molecule has 3 aromatic rings. The van der Waals surface area contributed by atoms with Gasteiger partial charge in [-0.25, -0.2) is 9.18 Å². The summed E-state index contributed by atoms with van der Waals surface area (Å²) in [5.74, 6) is 0.405. The van der Waals surface area contributed by atoms with Gasteiger partial charge in [0.05, 0.1) is 23.0 Å². The van der Waals surface area contributed by atoms with E-state index in [0.717, 1.165) is 75.7 Å². The molecule has 0 atom stereocenters. The standard InChI is InChI=1S/C35H48FN5O3/c1-24(2)38(6)33(42)29-21-27(36)7-8-31(29)41-23-30(28-9-15-37-22-32(28)41)26-13-17-39(18-14-26)16-10-25-11-19-40(20-12-25)34(43)44-35(3,4)5/h7-9,15,21-26H,10-14,16-20H2,1-6H3. The predicted octanol–water partition coefficient (Wildman–Crippen LogP) is 6.86. The maximum atomic E-state index is 14.4. The summed E-state index contributed by atoms with van der Waals surface area (Å²) in [6.07, 6.45) is 10.9. The summed E-state index contributed by atoms with van der Waals surface area (Å²) in [4.78, 5) is 36.3. The average molecular weight is 606 g/mol. The lowest BCUT2D eigenvalue weighted by molar-refractivity contribution is 0.0176. The van der Waals surface area contributed by atoms with E-state index in [4.69, 9.17) is 4.74 Å². The quantitative estimate of drug-likeness (QED) is 0.294. The molecule has 2 amide bonds. The number of pyridine rings is 1. The van der Waals surface area contributed by atoms with Crippen molar-refractivity contribution < 1.29 is 18.7 Å². The Morgan fingerprint density at radius 2 is 1.77 bits per heavy atom. The van der Waals surface area contributed by atoms with Crippen molar-refractivity contribution in [2.24, 2.45) is 5.92 Å². The van der Waals surface area contributed by atoms with Crippen LogP contribution in [-0.2, 0) is 4.74 Å². The van der Waals surface area contributed by atoms with Crippen molar-refractivity contribution in [2.75, 3.05) is 39.8 Å². The number of hydrogen-bond acceptors (Lipinski definition) is 5. The number of carbonyl (C=O) groups excluding carboxylic acids is 2. The first kappa shape index (κ1) is 31.9. The second kappa shape index (κ2) is 13.3. The van der Waals surface area contributed by atoms with Gasteiger partial charge in [0.1, 0.15) is 11.4 Å². The summed E-state index contributed by atoms with van der Waals surface area (Å²) in [5.41, 5.74) is 2.75. The van der Waals surface area contributed by atoms with Gasteiger partial charge in [0, 0.05) is 44.0 Å². The van der Waals surface area contributed by atoms with Gasteiger partial charge < -0.3 is 24.0 Å². The SMILES string of the molecule is CC(C)N(C)C(=O)c1cc(F)ccc1-n1cc(C2CCN(CCC3CCN(C(=O)OC(C)(C)C)CC3)CC2)c2ccncc21. The van der Waals surface area contributed by atoms with Gasteiger partial charge in [0.25, 0.3) is 5.91 Å². The Bertz CT molecular complexity index is 1460. The van der Waals surface area contributed by atoms with Crippen LogP contribution < -0.4 is 0 Å². The Balaban J connectivity index is 1.23. The molecule has 2 saturated heterocycles. The monoisotopic (exact) mass is 605 g/mol. The van der Waals surface area contributed by atoms with Crippen LogP contribution in [0, 0.1) is 11.7 Å². The van der Waals surface area contributed by atoms with E-state index in [1.807, 2.05) is 56.5 Å². The van der Waals surface area contributed by atoms with Crippen molar-refractivity contribution in [1.82, 2.24) is 24.3 Å². The molecule has 2 aliphatic rings. The van der Waals surface area contributed by atoms with Crippen LogP contribution in [0.25, 0.3) is 16.6 Å². The van der Waals surface area contributed by atoms with E-state index in [2.05, 4.69) is 22.1 Å². The summed E-state index contributed by atoms with van der Waals surface area (Å²) in [5, 5.41) is 1.13. The Labute approximate surface area is 261 Å². The highest BCUT2D eigenvalue weighted by Gasteiger charge is 2.29. The van der Waals surface area contributed by atoms with Crippen molar-refractivity contribution in [2.45, 2.75) is 84.3 Å². The fraction of sp³-hybridized carbons (Fsp3) is 0.571. The summed E-state index contributed by atoms with van der Waals surface area (Å²) in [7, 11) is 1.75. The van der Waals surface area contributed by atoms with Crippen molar-refractivity contribution in [3.05, 3.63) is 59.8 Å². The Kier molecular flexibility index (Phi) is 9.63. The fourth-order valence-electron chi connectivity index (χ4n) is 6.50. The molecule has 0 bridgehead atoms. The number of amides is 2. The molecule has 238 valence electrons. The number of likely N-dealkylation sites (tertiary alicyclic amines) is 2. The molecule has 0 aliphatic carbocycles. The molecule has 0 spiro atoms. The number of carbonyl (C=O) groups is 2. The van der Waals surface area contributed by atoms with Gasteiger partial charge in [-0.05, 0) is 128 Å². The second-order valence-electron chi connectivity index (χ2n) is 13.8. The Morgan fingerprint density at radius 1 is 1.07 bits per heavy atom. The lowest BCUT2D eigenvalue weighted by Crippen LogP contribution is -2.42. The number of hydrogen-bond donors (Lipinski definition) is 0. The number of fused-ring (bicyclic) bond motifs is 1. The van der Waals surface area contributed by atoms with E-state index in [1.54, 1.807) is 18.0 Å². The van der Waals surface area contributed by atoms with Gasteiger partial charge >= 0.3 is 6.09 Å². The summed E-state index contributed by atoms with van der Waals surface area (Å²) < 4.78 is 22.0. The topological polar surface area (TPSA) is 70.9 Å². The first-order valence-corrected chi connectivity index (χ1v) is 16.1. The third kappa shape index (κ3) is 7.25. The zero-order chi connectivity index (χ0) is 31.6. The van der Waals surface area contributed by atoms with Crippen LogP contribution in [0.4, 0.5) is 9.18 Å². The minimum Gasteiger partial charge on any atom is -0.444 e. The molecular formula is C35H48FN5O3. The highest BCUT2D eigenvalue weighted by molar-refractivity contribution is 5.99. The molecule has 0 radical (unpaired) electrons. The minimum atomic E-state index is -0.459. The van der Waals surface area contributed by atoms with Gasteiger partial charge in [0.2, 0.25) is 0 Å². The molecule has 2 aromatic heterocycles. The molecule has 2 fully saturated rings. The van der Waals surface area contributed by atoms with Crippen molar-refractivity contribution in [3.63, 3.8) is 0 Å². The number of ether oxygens (including phenoxy) is 1. The first-order chi connectivity index (χ1) is 20.9. The zero-order valence-electron chi connectivity index (χ0n) is 27.2. The molecule has 8 nitrogen and oxygen atoms in total. The van der Waals surface area contributed by atoms with Crippen LogP contribution in [0.2, 0.25) is 0 Å². The molecule has 9 heteroatoms. The molecule has 0 saturated carbocycles. The smallest absolute Gasteiger partial charge is 0.410 e. The molecule has 0 N–H and O–H groups in total. The molecule has 44 heavy (non-hydrogen) atoms. The normalized spacial score (nSPS) is 17.4. The molecule has 4 heterocycles. The fourth-order valence-corrected chi connectivity index (χ4v) is 6.50. The van der Waals surface area contributed by atoms with Crippen molar-refractivity contribution in [1.29, 1.82) is 0 Å². The first-order valence-electron chi connectivity index (χ1n) is 16.1. The number of benzene rings is 1. The third-order valence-corrected chi connectivity index (χ3v) is 9.33. The van der Waals surface area contributed by atoms with Crippen LogP contribution in [0.15, 0.2) is 42.9 Å². The number of halogens is 1. The predicted molar refractivity (Wildman–Crippen MR) is 172 cm³/mol. The second-order valence-corrected chi connectivity index (χ2v) is 13.8. The lowest BCUT2D eigenvalue weighted by Gasteiger charge is -2.36. The third-order valence-electron chi connectivity index (χ3n) is 9.33. The van der Waals surface area contributed by atoms with E-state index >= 15 is 0 Å². The number of rotatable bonds is 7. The number of nitrogens with zero attached hydrogens (tertiary/aromatic N) is 5. The summed E-state index contributed by atoms with van der Waals surface area (Å²) in [6.45, 7) is 14.3. The summed E-state index contributed by atoms with van der Waals surface area (Å²) in [6, 6.07) is 6.52.